The molecule has 19 heavy (non-hydrogen) atoms. The molecule has 0 amide bonds. The topological polar surface area (TPSA) is 39.4 Å². The van der Waals surface area contributed by atoms with Gasteiger partial charge in [-0.3, -0.25) is 0 Å². The van der Waals surface area contributed by atoms with Crippen molar-refractivity contribution in [2.75, 3.05) is 7.11 Å². The molecule has 3 nitrogen and oxygen atoms in total. The van der Waals surface area contributed by atoms with Gasteiger partial charge in [0.2, 0.25) is 0 Å². The number of methoxy groups -OCH3 is 1. The highest BCUT2D eigenvalue weighted by atomic mass is 16.5. The maximum absolute atomic E-state index is 12.2. The molecule has 0 aliphatic heterocycles. The van der Waals surface area contributed by atoms with Crippen LogP contribution < -0.4 is 10.4 Å². The van der Waals surface area contributed by atoms with Crippen molar-refractivity contribution in [3.05, 3.63) is 51.9 Å². The Morgan fingerprint density at radius 2 is 1.84 bits per heavy atom. The molecule has 3 aromatic rings. The maximum Gasteiger partial charge on any atom is 0.344 e. The van der Waals surface area contributed by atoms with E-state index in [0.717, 1.165) is 27.6 Å². The van der Waals surface area contributed by atoms with Gasteiger partial charge in [-0.15, -0.1) is 0 Å². The molecule has 96 valence electrons. The summed E-state index contributed by atoms with van der Waals surface area (Å²) in [4.78, 5) is 12.2. The van der Waals surface area contributed by atoms with Crippen LogP contribution >= 0.6 is 0 Å². The minimum absolute atomic E-state index is 0.294. The van der Waals surface area contributed by atoms with E-state index in [4.69, 9.17) is 9.15 Å². The average Bonchev–Trinajstić information content (AvgIpc) is 2.40. The van der Waals surface area contributed by atoms with Crippen molar-refractivity contribution >= 4 is 21.7 Å². The SMILES string of the molecule is COc1ccc2c(oc(=O)c3c(C)cccc32)c1C. The molecule has 0 aliphatic rings. The zero-order chi connectivity index (χ0) is 13.6. The molecule has 0 unspecified atom stereocenters. The highest BCUT2D eigenvalue weighted by molar-refractivity contribution is 6.06. The monoisotopic (exact) mass is 254 g/mol. The van der Waals surface area contributed by atoms with Crippen molar-refractivity contribution < 1.29 is 9.15 Å². The van der Waals surface area contributed by atoms with E-state index in [1.54, 1.807) is 7.11 Å². The van der Waals surface area contributed by atoms with Gasteiger partial charge < -0.3 is 9.15 Å². The first-order valence-corrected chi connectivity index (χ1v) is 6.13. The number of benzene rings is 2. The molecule has 0 spiro atoms. The summed E-state index contributed by atoms with van der Waals surface area (Å²) >= 11 is 0. The number of ether oxygens (including phenoxy) is 1. The minimum Gasteiger partial charge on any atom is -0.496 e. The van der Waals surface area contributed by atoms with Gasteiger partial charge in [0.1, 0.15) is 11.3 Å². The fraction of sp³-hybridized carbons (Fsp3) is 0.188. The van der Waals surface area contributed by atoms with Gasteiger partial charge in [0.15, 0.2) is 0 Å². The molecule has 2 aromatic carbocycles. The fourth-order valence-corrected chi connectivity index (χ4v) is 2.55. The van der Waals surface area contributed by atoms with Crippen molar-refractivity contribution in [3.63, 3.8) is 0 Å². The first-order chi connectivity index (χ1) is 9.13. The predicted molar refractivity (Wildman–Crippen MR) is 76.0 cm³/mol. The fourth-order valence-electron chi connectivity index (χ4n) is 2.55. The van der Waals surface area contributed by atoms with E-state index in [-0.39, 0.29) is 5.63 Å². The molecule has 1 heterocycles. The van der Waals surface area contributed by atoms with Crippen LogP contribution in [0.4, 0.5) is 0 Å². The van der Waals surface area contributed by atoms with Crippen LogP contribution in [0.15, 0.2) is 39.5 Å². The van der Waals surface area contributed by atoms with Crippen LogP contribution in [0, 0.1) is 13.8 Å². The third kappa shape index (κ3) is 1.62. The van der Waals surface area contributed by atoms with Gasteiger partial charge in [-0.05, 0) is 31.5 Å². The second kappa shape index (κ2) is 4.12. The van der Waals surface area contributed by atoms with E-state index >= 15 is 0 Å². The second-order valence-corrected chi connectivity index (χ2v) is 4.66. The van der Waals surface area contributed by atoms with Gasteiger partial charge in [0.05, 0.1) is 12.5 Å². The molecule has 1 aromatic heterocycles. The number of hydrogen-bond donors (Lipinski definition) is 0. The van der Waals surface area contributed by atoms with Crippen LogP contribution in [0.1, 0.15) is 11.1 Å². The smallest absolute Gasteiger partial charge is 0.344 e. The van der Waals surface area contributed by atoms with E-state index in [0.29, 0.717) is 11.0 Å². The lowest BCUT2D eigenvalue weighted by Crippen LogP contribution is -2.03. The van der Waals surface area contributed by atoms with Crippen molar-refractivity contribution in [1.29, 1.82) is 0 Å². The number of hydrogen-bond acceptors (Lipinski definition) is 3. The largest absolute Gasteiger partial charge is 0.496 e. The molecule has 0 saturated heterocycles. The lowest BCUT2D eigenvalue weighted by molar-refractivity contribution is 0.411. The van der Waals surface area contributed by atoms with Crippen LogP contribution in [0.5, 0.6) is 5.75 Å². The minimum atomic E-state index is -0.294. The zero-order valence-corrected chi connectivity index (χ0v) is 11.1. The Kier molecular flexibility index (Phi) is 2.56. The molecular weight excluding hydrogens is 240 g/mol. The van der Waals surface area contributed by atoms with Gasteiger partial charge in [0, 0.05) is 16.3 Å². The number of fused-ring (bicyclic) bond motifs is 3. The van der Waals surface area contributed by atoms with Crippen LogP contribution in [0.3, 0.4) is 0 Å². The molecular formula is C16H14O3. The van der Waals surface area contributed by atoms with E-state index < -0.39 is 0 Å². The van der Waals surface area contributed by atoms with Crippen LogP contribution in [0.2, 0.25) is 0 Å². The molecule has 0 aliphatic carbocycles. The quantitative estimate of drug-likeness (QED) is 0.492. The van der Waals surface area contributed by atoms with E-state index in [1.807, 2.05) is 44.2 Å². The highest BCUT2D eigenvalue weighted by Crippen LogP contribution is 2.31. The summed E-state index contributed by atoms with van der Waals surface area (Å²) in [7, 11) is 1.61. The van der Waals surface area contributed by atoms with Gasteiger partial charge in [-0.1, -0.05) is 18.2 Å². The lowest BCUT2D eigenvalue weighted by atomic mass is 10.0. The van der Waals surface area contributed by atoms with E-state index in [9.17, 15) is 4.79 Å². The normalized spacial score (nSPS) is 11.1. The van der Waals surface area contributed by atoms with Crippen molar-refractivity contribution in [2.24, 2.45) is 0 Å². The van der Waals surface area contributed by atoms with Gasteiger partial charge in [0.25, 0.3) is 0 Å². The molecule has 0 atom stereocenters. The summed E-state index contributed by atoms with van der Waals surface area (Å²) in [5.74, 6) is 0.725. The predicted octanol–water partition coefficient (Wildman–Crippen LogP) is 3.57. The Morgan fingerprint density at radius 1 is 1.05 bits per heavy atom. The van der Waals surface area contributed by atoms with Crippen molar-refractivity contribution in [3.8, 4) is 5.75 Å². The lowest BCUT2D eigenvalue weighted by Gasteiger charge is -2.09. The summed E-state index contributed by atoms with van der Waals surface area (Å²) in [5, 5.41) is 2.52. The molecule has 0 radical (unpaired) electrons. The first-order valence-electron chi connectivity index (χ1n) is 6.13. The average molecular weight is 254 g/mol. The summed E-state index contributed by atoms with van der Waals surface area (Å²) in [5.41, 5.74) is 2.08. The Balaban J connectivity index is 2.60. The summed E-state index contributed by atoms with van der Waals surface area (Å²) in [6.07, 6.45) is 0. The molecule has 0 fully saturated rings. The molecule has 3 heteroatoms. The first kappa shape index (κ1) is 11.8. The summed E-state index contributed by atoms with van der Waals surface area (Å²) in [6.45, 7) is 3.81. The third-order valence-electron chi connectivity index (χ3n) is 3.54. The number of rotatable bonds is 1. The Labute approximate surface area is 110 Å². The molecule has 0 N–H and O–H groups in total. The van der Waals surface area contributed by atoms with Crippen LogP contribution in [0.25, 0.3) is 21.7 Å². The summed E-state index contributed by atoms with van der Waals surface area (Å²) < 4.78 is 10.8. The van der Waals surface area contributed by atoms with E-state index in [1.165, 1.54) is 0 Å². The van der Waals surface area contributed by atoms with Crippen LogP contribution in [-0.4, -0.2) is 7.11 Å². The van der Waals surface area contributed by atoms with Crippen LogP contribution in [-0.2, 0) is 0 Å². The number of aryl methyl sites for hydroxylation is 2. The molecule has 0 saturated carbocycles. The zero-order valence-electron chi connectivity index (χ0n) is 11.1. The van der Waals surface area contributed by atoms with Crippen molar-refractivity contribution in [1.82, 2.24) is 0 Å². The Morgan fingerprint density at radius 3 is 2.58 bits per heavy atom. The Bertz CT molecular complexity index is 844. The van der Waals surface area contributed by atoms with Gasteiger partial charge in [-0.2, -0.15) is 0 Å². The highest BCUT2D eigenvalue weighted by Gasteiger charge is 2.13. The summed E-state index contributed by atoms with van der Waals surface area (Å²) in [6, 6.07) is 9.66. The van der Waals surface area contributed by atoms with Gasteiger partial charge in [-0.25, -0.2) is 4.79 Å². The molecule has 0 bridgehead atoms. The maximum atomic E-state index is 12.2. The van der Waals surface area contributed by atoms with Crippen molar-refractivity contribution in [2.45, 2.75) is 13.8 Å². The second-order valence-electron chi connectivity index (χ2n) is 4.66. The third-order valence-corrected chi connectivity index (χ3v) is 3.54. The standard InChI is InChI=1S/C16H14O3/c1-9-5-4-6-11-12-7-8-13(18-3)10(2)15(12)19-16(17)14(9)11/h4-8H,1-3H3. The Hall–Kier alpha value is -2.29. The molecule has 3 rings (SSSR count). The van der Waals surface area contributed by atoms with E-state index in [2.05, 4.69) is 0 Å². The van der Waals surface area contributed by atoms with Gasteiger partial charge >= 0.3 is 5.63 Å².